The molecule has 0 radical (unpaired) electrons. The number of rotatable bonds is 4. The van der Waals surface area contributed by atoms with Gasteiger partial charge in [0.15, 0.2) is 10.8 Å². The number of hydrogen-bond acceptors (Lipinski definition) is 7. The van der Waals surface area contributed by atoms with Gasteiger partial charge in [-0.2, -0.15) is 13.2 Å². The average molecular weight is 455 g/mol. The molecule has 0 aliphatic carbocycles. The van der Waals surface area contributed by atoms with Crippen molar-refractivity contribution in [2.45, 2.75) is 25.1 Å². The molecule has 4 rings (SSSR count). The van der Waals surface area contributed by atoms with Crippen LogP contribution in [0.3, 0.4) is 0 Å². The number of aromatic nitrogens is 4. The first kappa shape index (κ1) is 21.0. The predicted octanol–water partition coefficient (Wildman–Crippen LogP) is 4.84. The fourth-order valence-corrected chi connectivity index (χ4v) is 4.28. The maximum atomic E-state index is 12.9. The summed E-state index contributed by atoms with van der Waals surface area (Å²) < 4.78 is 38.7. The number of benzene rings is 1. The van der Waals surface area contributed by atoms with E-state index in [0.29, 0.717) is 33.3 Å². The molecule has 0 atom stereocenters. The Balaban J connectivity index is 1.52. The third kappa shape index (κ3) is 4.71. The van der Waals surface area contributed by atoms with Crippen LogP contribution in [0.5, 0.6) is 0 Å². The van der Waals surface area contributed by atoms with Crippen LogP contribution < -0.4 is 5.32 Å². The van der Waals surface area contributed by atoms with Crippen molar-refractivity contribution >= 4 is 28.8 Å². The monoisotopic (exact) mass is 454 g/mol. The van der Waals surface area contributed by atoms with Crippen molar-refractivity contribution in [3.05, 3.63) is 41.0 Å². The molecular formula is C19H18ClF3N6S. The third-order valence-electron chi connectivity index (χ3n) is 4.86. The molecular weight excluding hydrogens is 437 g/mol. The molecule has 1 aliphatic rings. The lowest BCUT2D eigenvalue weighted by Gasteiger charge is -2.29. The van der Waals surface area contributed by atoms with Gasteiger partial charge in [-0.05, 0) is 51.2 Å². The minimum Gasteiger partial charge on any atom is -0.367 e. The lowest BCUT2D eigenvalue weighted by atomic mass is 10.1. The summed E-state index contributed by atoms with van der Waals surface area (Å²) >= 11 is 7.01. The average Bonchev–Trinajstić information content (AvgIpc) is 3.19. The van der Waals surface area contributed by atoms with Gasteiger partial charge in [0.1, 0.15) is 10.8 Å². The first-order valence-electron chi connectivity index (χ1n) is 9.29. The van der Waals surface area contributed by atoms with Gasteiger partial charge < -0.3 is 10.2 Å². The number of likely N-dealkylation sites (tertiary alicyclic amines) is 1. The van der Waals surface area contributed by atoms with E-state index in [1.807, 2.05) is 0 Å². The Morgan fingerprint density at radius 3 is 2.57 bits per heavy atom. The Morgan fingerprint density at radius 1 is 1.13 bits per heavy atom. The van der Waals surface area contributed by atoms with Crippen molar-refractivity contribution in [1.29, 1.82) is 0 Å². The zero-order valence-corrected chi connectivity index (χ0v) is 17.5. The highest BCUT2D eigenvalue weighted by molar-refractivity contribution is 7.17. The van der Waals surface area contributed by atoms with Gasteiger partial charge >= 0.3 is 6.18 Å². The first-order valence-corrected chi connectivity index (χ1v) is 10.5. The number of nitrogens with zero attached hydrogens (tertiary/aromatic N) is 5. The normalized spacial score (nSPS) is 16.0. The lowest BCUT2D eigenvalue weighted by molar-refractivity contribution is -0.137. The molecule has 0 spiro atoms. The molecule has 0 amide bonds. The van der Waals surface area contributed by atoms with Crippen LogP contribution in [-0.4, -0.2) is 51.2 Å². The molecule has 0 saturated carbocycles. The van der Waals surface area contributed by atoms with Crippen LogP contribution in [0.4, 0.5) is 19.0 Å². The summed E-state index contributed by atoms with van der Waals surface area (Å²) in [5, 5.41) is 12.2. The third-order valence-corrected chi connectivity index (χ3v) is 6.14. The highest BCUT2D eigenvalue weighted by Gasteiger charge is 2.33. The van der Waals surface area contributed by atoms with Crippen LogP contribution in [0.15, 0.2) is 30.5 Å². The minimum atomic E-state index is -4.50. The number of piperidine rings is 1. The molecule has 1 N–H and O–H groups in total. The molecule has 0 unspecified atom stereocenters. The molecule has 1 saturated heterocycles. The van der Waals surface area contributed by atoms with E-state index in [9.17, 15) is 13.2 Å². The topological polar surface area (TPSA) is 66.8 Å². The van der Waals surface area contributed by atoms with E-state index < -0.39 is 11.7 Å². The van der Waals surface area contributed by atoms with E-state index in [1.165, 1.54) is 23.5 Å². The van der Waals surface area contributed by atoms with Crippen molar-refractivity contribution < 1.29 is 13.2 Å². The van der Waals surface area contributed by atoms with Crippen LogP contribution in [0, 0.1) is 0 Å². The number of halogens is 4. The zero-order chi connectivity index (χ0) is 21.3. The Morgan fingerprint density at radius 2 is 1.87 bits per heavy atom. The fourth-order valence-electron chi connectivity index (χ4n) is 3.21. The fraction of sp³-hybridized carbons (Fsp3) is 0.368. The summed E-state index contributed by atoms with van der Waals surface area (Å²) in [6.07, 6.45) is -0.784. The summed E-state index contributed by atoms with van der Waals surface area (Å²) in [6.45, 7) is 2.07. The van der Waals surface area contributed by atoms with Crippen LogP contribution in [0.25, 0.3) is 21.4 Å². The Kier molecular flexibility index (Phi) is 5.90. The van der Waals surface area contributed by atoms with Gasteiger partial charge in [-0.3, -0.25) is 0 Å². The van der Waals surface area contributed by atoms with Crippen molar-refractivity contribution in [1.82, 2.24) is 25.1 Å². The molecule has 3 aromatic rings. The van der Waals surface area contributed by atoms with Gasteiger partial charge in [-0.15, -0.1) is 10.2 Å². The molecule has 3 heterocycles. The zero-order valence-electron chi connectivity index (χ0n) is 15.9. The van der Waals surface area contributed by atoms with Crippen LogP contribution in [0.1, 0.15) is 18.4 Å². The van der Waals surface area contributed by atoms with Crippen molar-refractivity contribution in [3.8, 4) is 21.4 Å². The maximum absolute atomic E-state index is 12.9. The molecule has 158 valence electrons. The molecule has 11 heteroatoms. The summed E-state index contributed by atoms with van der Waals surface area (Å²) in [5.74, 6) is 1.12. The van der Waals surface area contributed by atoms with Gasteiger partial charge in [0.2, 0.25) is 0 Å². The smallest absolute Gasteiger partial charge is 0.367 e. The Labute approximate surface area is 180 Å². The highest BCUT2D eigenvalue weighted by atomic mass is 35.5. The second-order valence-electron chi connectivity index (χ2n) is 7.09. The summed E-state index contributed by atoms with van der Waals surface area (Å²) in [4.78, 5) is 11.1. The Bertz CT molecular complexity index is 1030. The van der Waals surface area contributed by atoms with Gasteiger partial charge in [-0.25, -0.2) is 9.97 Å². The summed E-state index contributed by atoms with van der Waals surface area (Å²) in [6, 6.07) is 5.68. The Hall–Kier alpha value is -2.30. The SMILES string of the molecule is CN1CCC(Nc2ccnc(-c3nnc(-c4ccc(C(F)(F)F)c(Cl)c4)s3)n2)CC1. The highest BCUT2D eigenvalue weighted by Crippen LogP contribution is 2.37. The standard InChI is InChI=1S/C19H18ClF3N6S/c1-29-8-5-12(6-9-29)25-15-4-7-24-16(26-15)18-28-27-17(30-18)11-2-3-13(14(20)10-11)19(21,22)23/h2-4,7,10,12H,5-6,8-9H2,1H3,(H,24,25,26). The van der Waals surface area contributed by atoms with Crippen LogP contribution in [0.2, 0.25) is 5.02 Å². The predicted molar refractivity (Wildman–Crippen MR) is 111 cm³/mol. The molecule has 6 nitrogen and oxygen atoms in total. The first-order chi connectivity index (χ1) is 14.3. The number of hydrogen-bond donors (Lipinski definition) is 1. The quantitative estimate of drug-likeness (QED) is 0.608. The molecule has 0 bridgehead atoms. The summed E-state index contributed by atoms with van der Waals surface area (Å²) in [7, 11) is 2.11. The van der Waals surface area contributed by atoms with Crippen LogP contribution >= 0.6 is 22.9 Å². The van der Waals surface area contributed by atoms with Gasteiger partial charge in [0, 0.05) is 17.8 Å². The number of alkyl halides is 3. The second kappa shape index (κ2) is 8.44. The molecule has 2 aromatic heterocycles. The van der Waals surface area contributed by atoms with Crippen LogP contribution in [-0.2, 0) is 6.18 Å². The van der Waals surface area contributed by atoms with Gasteiger partial charge in [0.05, 0.1) is 10.6 Å². The van der Waals surface area contributed by atoms with Gasteiger partial charge in [-0.1, -0.05) is 29.0 Å². The van der Waals surface area contributed by atoms with E-state index in [2.05, 4.69) is 37.4 Å². The minimum absolute atomic E-state index is 0.350. The van der Waals surface area contributed by atoms with Crippen molar-refractivity contribution in [2.24, 2.45) is 0 Å². The summed E-state index contributed by atoms with van der Waals surface area (Å²) in [5.41, 5.74) is -0.425. The van der Waals surface area contributed by atoms with E-state index in [-0.39, 0.29) is 5.02 Å². The molecule has 30 heavy (non-hydrogen) atoms. The van der Waals surface area contributed by atoms with Crippen molar-refractivity contribution in [2.75, 3.05) is 25.5 Å². The largest absolute Gasteiger partial charge is 0.417 e. The number of nitrogens with one attached hydrogen (secondary N) is 1. The molecule has 1 fully saturated rings. The van der Waals surface area contributed by atoms with Crippen molar-refractivity contribution in [3.63, 3.8) is 0 Å². The van der Waals surface area contributed by atoms with E-state index in [0.717, 1.165) is 32.0 Å². The second-order valence-corrected chi connectivity index (χ2v) is 8.48. The number of anilines is 1. The van der Waals surface area contributed by atoms with E-state index in [1.54, 1.807) is 12.3 Å². The maximum Gasteiger partial charge on any atom is 0.417 e. The van der Waals surface area contributed by atoms with E-state index >= 15 is 0 Å². The molecule has 1 aliphatic heterocycles. The lowest BCUT2D eigenvalue weighted by Crippen LogP contribution is -2.36. The molecule has 1 aromatic carbocycles. The van der Waals surface area contributed by atoms with E-state index in [4.69, 9.17) is 11.6 Å². The van der Waals surface area contributed by atoms with Gasteiger partial charge in [0.25, 0.3) is 0 Å².